The minimum atomic E-state index is -3.28. The van der Waals surface area contributed by atoms with E-state index in [4.69, 9.17) is 0 Å². The fraction of sp³-hybridized carbons (Fsp3) is 0.375. The molecule has 1 fully saturated rings. The average Bonchev–Trinajstić information content (AvgIpc) is 2.00. The summed E-state index contributed by atoms with van der Waals surface area (Å²) in [5.74, 6) is 0. The Labute approximate surface area is 91.1 Å². The van der Waals surface area contributed by atoms with E-state index in [2.05, 4.69) is 20.9 Å². The lowest BCUT2D eigenvalue weighted by atomic mass is 10.3. The molecule has 2 rings (SSSR count). The van der Waals surface area contributed by atoms with Crippen LogP contribution in [0.15, 0.2) is 27.8 Å². The van der Waals surface area contributed by atoms with Gasteiger partial charge in [-0.05, 0) is 28.4 Å². The first kappa shape index (κ1) is 10.1. The molecular weight excluding hydrogens is 268 g/mol. The van der Waals surface area contributed by atoms with E-state index in [9.17, 15) is 8.42 Å². The Morgan fingerprint density at radius 2 is 2.07 bits per heavy atom. The minimum Gasteiger partial charge on any atom is -0.262 e. The van der Waals surface area contributed by atoms with Crippen LogP contribution in [0.2, 0.25) is 0 Å². The molecule has 0 unspecified atom stereocenters. The van der Waals surface area contributed by atoms with Crippen molar-refractivity contribution in [3.8, 4) is 0 Å². The highest BCUT2D eigenvalue weighted by Crippen LogP contribution is 2.22. The van der Waals surface area contributed by atoms with Crippen molar-refractivity contribution in [1.29, 1.82) is 0 Å². The number of rotatable bonds is 2. The molecule has 76 valence electrons. The first-order valence-corrected chi connectivity index (χ1v) is 6.45. The number of hydrogen-bond donors (Lipinski definition) is 0. The van der Waals surface area contributed by atoms with E-state index in [1.807, 2.05) is 0 Å². The highest BCUT2D eigenvalue weighted by Gasteiger charge is 2.29. The van der Waals surface area contributed by atoms with E-state index in [0.29, 0.717) is 17.6 Å². The minimum absolute atomic E-state index is 0.256. The van der Waals surface area contributed by atoms with Gasteiger partial charge in [0.05, 0.1) is 0 Å². The lowest BCUT2D eigenvalue weighted by molar-refractivity contribution is 0.309. The van der Waals surface area contributed by atoms with Gasteiger partial charge in [0.25, 0.3) is 0 Å². The van der Waals surface area contributed by atoms with E-state index in [1.165, 1.54) is 10.5 Å². The zero-order valence-corrected chi connectivity index (χ0v) is 9.75. The normalized spacial score (nSPS) is 17.8. The number of pyridine rings is 1. The van der Waals surface area contributed by atoms with E-state index < -0.39 is 10.0 Å². The predicted molar refractivity (Wildman–Crippen MR) is 55.3 cm³/mol. The van der Waals surface area contributed by atoms with E-state index in [0.717, 1.165) is 6.42 Å². The molecular formula is C8H9BrN2O2S. The summed E-state index contributed by atoms with van der Waals surface area (Å²) in [6, 6.07) is 1.57. The molecule has 0 atom stereocenters. The van der Waals surface area contributed by atoms with Crippen molar-refractivity contribution in [2.45, 2.75) is 11.3 Å². The summed E-state index contributed by atoms with van der Waals surface area (Å²) in [5, 5.41) is 0. The van der Waals surface area contributed by atoms with Crippen LogP contribution in [-0.2, 0) is 10.0 Å². The van der Waals surface area contributed by atoms with Crippen molar-refractivity contribution < 1.29 is 8.42 Å². The Morgan fingerprint density at radius 1 is 1.36 bits per heavy atom. The van der Waals surface area contributed by atoms with Gasteiger partial charge in [-0.3, -0.25) is 4.98 Å². The van der Waals surface area contributed by atoms with Crippen molar-refractivity contribution >= 4 is 26.0 Å². The number of aromatic nitrogens is 1. The largest absolute Gasteiger partial charge is 0.262 e. The Hall–Kier alpha value is -0.460. The van der Waals surface area contributed by atoms with Gasteiger partial charge in [-0.25, -0.2) is 8.42 Å². The van der Waals surface area contributed by atoms with Crippen LogP contribution in [0.4, 0.5) is 0 Å². The third-order valence-corrected chi connectivity index (χ3v) is 4.43. The molecule has 0 aromatic carbocycles. The Bertz CT molecular complexity index is 442. The molecule has 0 bridgehead atoms. The number of hydrogen-bond acceptors (Lipinski definition) is 3. The standard InChI is InChI=1S/C8H9BrN2O2S/c9-7-4-8(6-10-5-7)14(12,13)11-2-1-3-11/h4-6H,1-3H2. The van der Waals surface area contributed by atoms with Gasteiger partial charge in [-0.15, -0.1) is 0 Å². The van der Waals surface area contributed by atoms with Crippen LogP contribution >= 0.6 is 15.9 Å². The van der Waals surface area contributed by atoms with Crippen LogP contribution in [0, 0.1) is 0 Å². The van der Waals surface area contributed by atoms with Gasteiger partial charge in [0.1, 0.15) is 4.90 Å². The van der Waals surface area contributed by atoms with E-state index in [1.54, 1.807) is 12.3 Å². The monoisotopic (exact) mass is 276 g/mol. The fourth-order valence-electron chi connectivity index (χ4n) is 1.21. The molecule has 0 N–H and O–H groups in total. The Balaban J connectivity index is 2.38. The summed E-state index contributed by atoms with van der Waals surface area (Å²) in [5.41, 5.74) is 0. The molecule has 4 nitrogen and oxygen atoms in total. The van der Waals surface area contributed by atoms with Crippen LogP contribution in [0.25, 0.3) is 0 Å². The van der Waals surface area contributed by atoms with Crippen molar-refractivity contribution in [2.24, 2.45) is 0 Å². The third-order valence-electron chi connectivity index (χ3n) is 2.13. The van der Waals surface area contributed by atoms with Crippen LogP contribution in [0.5, 0.6) is 0 Å². The van der Waals surface area contributed by atoms with Gasteiger partial charge < -0.3 is 0 Å². The van der Waals surface area contributed by atoms with Crippen molar-refractivity contribution in [1.82, 2.24) is 9.29 Å². The van der Waals surface area contributed by atoms with Crippen LogP contribution in [-0.4, -0.2) is 30.8 Å². The van der Waals surface area contributed by atoms with Crippen molar-refractivity contribution in [3.63, 3.8) is 0 Å². The summed E-state index contributed by atoms with van der Waals surface area (Å²) in [4.78, 5) is 4.09. The number of halogens is 1. The van der Waals surface area contributed by atoms with E-state index in [-0.39, 0.29) is 4.90 Å². The molecule has 1 aliphatic rings. The fourth-order valence-corrected chi connectivity index (χ4v) is 3.23. The predicted octanol–water partition coefficient (Wildman–Crippen LogP) is 1.24. The SMILES string of the molecule is O=S(=O)(c1cncc(Br)c1)N1CCC1. The highest BCUT2D eigenvalue weighted by atomic mass is 79.9. The zero-order chi connectivity index (χ0) is 10.2. The zero-order valence-electron chi connectivity index (χ0n) is 7.35. The maximum absolute atomic E-state index is 11.8. The van der Waals surface area contributed by atoms with Gasteiger partial charge >= 0.3 is 0 Å². The molecule has 0 radical (unpaired) electrons. The van der Waals surface area contributed by atoms with Crippen LogP contribution < -0.4 is 0 Å². The molecule has 1 aromatic rings. The maximum atomic E-state index is 11.8. The van der Waals surface area contributed by atoms with Gasteiger partial charge in [-0.1, -0.05) is 0 Å². The van der Waals surface area contributed by atoms with Crippen LogP contribution in [0.1, 0.15) is 6.42 Å². The lowest BCUT2D eigenvalue weighted by Gasteiger charge is -2.29. The lowest BCUT2D eigenvalue weighted by Crippen LogP contribution is -2.41. The summed E-state index contributed by atoms with van der Waals surface area (Å²) in [6.45, 7) is 1.24. The average molecular weight is 277 g/mol. The summed E-state index contributed by atoms with van der Waals surface area (Å²) < 4.78 is 25.8. The van der Waals surface area contributed by atoms with Gasteiger partial charge in [-0.2, -0.15) is 4.31 Å². The first-order chi connectivity index (χ1) is 6.60. The summed E-state index contributed by atoms with van der Waals surface area (Å²) >= 11 is 3.20. The Kier molecular flexibility index (Phi) is 2.59. The topological polar surface area (TPSA) is 50.3 Å². The van der Waals surface area contributed by atoms with Crippen LogP contribution in [0.3, 0.4) is 0 Å². The smallest absolute Gasteiger partial charge is 0.244 e. The quantitative estimate of drug-likeness (QED) is 0.817. The number of nitrogens with zero attached hydrogens (tertiary/aromatic N) is 2. The first-order valence-electron chi connectivity index (χ1n) is 4.21. The summed E-state index contributed by atoms with van der Waals surface area (Å²) in [6.07, 6.45) is 3.88. The molecule has 1 aromatic heterocycles. The molecule has 0 spiro atoms. The highest BCUT2D eigenvalue weighted by molar-refractivity contribution is 9.10. The molecule has 0 aliphatic carbocycles. The van der Waals surface area contributed by atoms with E-state index >= 15 is 0 Å². The summed E-state index contributed by atoms with van der Waals surface area (Å²) in [7, 11) is -3.28. The van der Waals surface area contributed by atoms with Crippen molar-refractivity contribution in [2.75, 3.05) is 13.1 Å². The molecule has 0 amide bonds. The maximum Gasteiger partial charge on any atom is 0.244 e. The second-order valence-electron chi connectivity index (χ2n) is 3.10. The molecule has 6 heteroatoms. The van der Waals surface area contributed by atoms with Gasteiger partial charge in [0.2, 0.25) is 10.0 Å². The second kappa shape index (κ2) is 3.60. The second-order valence-corrected chi connectivity index (χ2v) is 5.95. The molecule has 1 aliphatic heterocycles. The molecule has 14 heavy (non-hydrogen) atoms. The van der Waals surface area contributed by atoms with Gasteiger partial charge in [0, 0.05) is 30.0 Å². The number of sulfonamides is 1. The van der Waals surface area contributed by atoms with Crippen molar-refractivity contribution in [3.05, 3.63) is 22.9 Å². The Morgan fingerprint density at radius 3 is 2.57 bits per heavy atom. The molecule has 0 saturated carbocycles. The van der Waals surface area contributed by atoms with Gasteiger partial charge in [0.15, 0.2) is 0 Å². The molecule has 1 saturated heterocycles. The molecule has 2 heterocycles. The third kappa shape index (κ3) is 1.69.